The Bertz CT molecular complexity index is 323. The third-order valence-corrected chi connectivity index (χ3v) is 3.77. The van der Waals surface area contributed by atoms with Crippen molar-refractivity contribution in [2.45, 2.75) is 63.9 Å². The van der Waals surface area contributed by atoms with Gasteiger partial charge >= 0.3 is 0 Å². The van der Waals surface area contributed by atoms with E-state index < -0.39 is 5.60 Å². The fourth-order valence-corrected chi connectivity index (χ4v) is 2.44. The minimum absolute atomic E-state index is 0.202. The lowest BCUT2D eigenvalue weighted by molar-refractivity contribution is -0.0280. The third kappa shape index (κ3) is 5.75. The average Bonchev–Trinajstić information content (AvgIpc) is 2.47. The normalized spacial score (nSPS) is 14.3. The van der Waals surface area contributed by atoms with Crippen LogP contribution in [0.3, 0.4) is 0 Å². The van der Waals surface area contributed by atoms with Gasteiger partial charge in [-0.2, -0.15) is 0 Å². The number of aliphatic hydroxyl groups is 2. The van der Waals surface area contributed by atoms with E-state index in [1.807, 2.05) is 30.3 Å². The van der Waals surface area contributed by atoms with Gasteiger partial charge in [0.2, 0.25) is 0 Å². The molecule has 1 aromatic rings. The number of hydrogen-bond acceptors (Lipinski definition) is 2. The molecule has 1 aromatic carbocycles. The van der Waals surface area contributed by atoms with Crippen molar-refractivity contribution in [2.75, 3.05) is 6.61 Å². The van der Waals surface area contributed by atoms with Crippen LogP contribution in [-0.4, -0.2) is 16.8 Å². The van der Waals surface area contributed by atoms with Crippen molar-refractivity contribution < 1.29 is 10.2 Å². The lowest BCUT2D eigenvalue weighted by atomic mass is 9.89. The minimum Gasteiger partial charge on any atom is -0.393 e. The van der Waals surface area contributed by atoms with E-state index in [0.717, 1.165) is 18.4 Å². The SMILES string of the molecule is CCCCCCCCCC(O)(CO)c1ccccc1. The van der Waals surface area contributed by atoms with Crippen molar-refractivity contribution in [1.82, 2.24) is 0 Å². The first kappa shape index (κ1) is 16.2. The summed E-state index contributed by atoms with van der Waals surface area (Å²) in [4.78, 5) is 0. The van der Waals surface area contributed by atoms with Crippen molar-refractivity contribution in [3.05, 3.63) is 35.9 Å². The highest BCUT2D eigenvalue weighted by Crippen LogP contribution is 2.27. The van der Waals surface area contributed by atoms with E-state index in [4.69, 9.17) is 0 Å². The van der Waals surface area contributed by atoms with Crippen LogP contribution in [0.5, 0.6) is 0 Å². The van der Waals surface area contributed by atoms with E-state index in [-0.39, 0.29) is 6.61 Å². The van der Waals surface area contributed by atoms with Gasteiger partial charge in [0.15, 0.2) is 0 Å². The van der Waals surface area contributed by atoms with Gasteiger partial charge in [0.25, 0.3) is 0 Å². The van der Waals surface area contributed by atoms with Crippen LogP contribution < -0.4 is 0 Å². The highest BCUT2D eigenvalue weighted by molar-refractivity contribution is 5.22. The molecule has 0 fully saturated rings. The molecule has 0 saturated carbocycles. The van der Waals surface area contributed by atoms with Crippen molar-refractivity contribution in [1.29, 1.82) is 0 Å². The van der Waals surface area contributed by atoms with Crippen molar-refractivity contribution in [2.24, 2.45) is 0 Å². The van der Waals surface area contributed by atoms with Crippen molar-refractivity contribution in [3.8, 4) is 0 Å². The van der Waals surface area contributed by atoms with Crippen LogP contribution >= 0.6 is 0 Å². The lowest BCUT2D eigenvalue weighted by Crippen LogP contribution is -2.30. The molecule has 2 nitrogen and oxygen atoms in total. The molecule has 0 radical (unpaired) electrons. The van der Waals surface area contributed by atoms with E-state index in [1.54, 1.807) is 0 Å². The Balaban J connectivity index is 2.29. The Labute approximate surface area is 117 Å². The Kier molecular flexibility index (Phi) is 7.76. The molecular weight excluding hydrogens is 236 g/mol. The number of aliphatic hydroxyl groups excluding tert-OH is 1. The summed E-state index contributed by atoms with van der Waals surface area (Å²) in [6.45, 7) is 2.02. The second-order valence-electron chi connectivity index (χ2n) is 5.43. The molecule has 0 aliphatic carbocycles. The Morgan fingerprint density at radius 1 is 0.895 bits per heavy atom. The predicted molar refractivity (Wildman–Crippen MR) is 80.0 cm³/mol. The Morgan fingerprint density at radius 2 is 1.47 bits per heavy atom. The van der Waals surface area contributed by atoms with Crippen LogP contribution in [0.15, 0.2) is 30.3 Å². The van der Waals surface area contributed by atoms with E-state index in [9.17, 15) is 10.2 Å². The maximum atomic E-state index is 10.5. The number of rotatable bonds is 10. The summed E-state index contributed by atoms with van der Waals surface area (Å²) in [5.41, 5.74) is -0.242. The van der Waals surface area contributed by atoms with E-state index in [1.165, 1.54) is 32.1 Å². The molecule has 0 bridgehead atoms. The summed E-state index contributed by atoms with van der Waals surface area (Å²) < 4.78 is 0. The van der Waals surface area contributed by atoms with Crippen molar-refractivity contribution in [3.63, 3.8) is 0 Å². The molecule has 0 aromatic heterocycles. The minimum atomic E-state index is -1.06. The van der Waals surface area contributed by atoms with Gasteiger partial charge in [-0.25, -0.2) is 0 Å². The number of hydrogen-bond donors (Lipinski definition) is 2. The smallest absolute Gasteiger partial charge is 0.113 e. The monoisotopic (exact) mass is 264 g/mol. The van der Waals surface area contributed by atoms with Gasteiger partial charge in [0.05, 0.1) is 6.61 Å². The molecule has 19 heavy (non-hydrogen) atoms. The summed E-state index contributed by atoms with van der Waals surface area (Å²) in [6, 6.07) is 9.51. The molecule has 0 aliphatic rings. The first-order valence-corrected chi connectivity index (χ1v) is 7.61. The van der Waals surface area contributed by atoms with Gasteiger partial charge in [-0.1, -0.05) is 82.2 Å². The molecule has 0 saturated heterocycles. The molecule has 0 aliphatic heterocycles. The number of unbranched alkanes of at least 4 members (excludes halogenated alkanes) is 6. The molecule has 0 spiro atoms. The average molecular weight is 264 g/mol. The topological polar surface area (TPSA) is 40.5 Å². The van der Waals surface area contributed by atoms with Gasteiger partial charge in [0.1, 0.15) is 5.60 Å². The van der Waals surface area contributed by atoms with Crippen LogP contribution in [0.25, 0.3) is 0 Å². The van der Waals surface area contributed by atoms with Crippen LogP contribution in [-0.2, 0) is 5.60 Å². The quantitative estimate of drug-likeness (QED) is 0.627. The van der Waals surface area contributed by atoms with Crippen LogP contribution in [0.2, 0.25) is 0 Å². The molecule has 2 N–H and O–H groups in total. The second-order valence-corrected chi connectivity index (χ2v) is 5.43. The summed E-state index contributed by atoms with van der Waals surface area (Å²) in [5, 5.41) is 19.9. The molecular formula is C17H28O2. The van der Waals surface area contributed by atoms with Crippen LogP contribution in [0.4, 0.5) is 0 Å². The van der Waals surface area contributed by atoms with E-state index in [2.05, 4.69) is 6.92 Å². The predicted octanol–water partition coefficient (Wildman–Crippen LogP) is 4.01. The largest absolute Gasteiger partial charge is 0.393 e. The van der Waals surface area contributed by atoms with E-state index in [0.29, 0.717) is 6.42 Å². The zero-order valence-corrected chi connectivity index (χ0v) is 12.1. The van der Waals surface area contributed by atoms with Gasteiger partial charge in [-0.15, -0.1) is 0 Å². The molecule has 0 heterocycles. The molecule has 1 atom stereocenters. The van der Waals surface area contributed by atoms with Gasteiger partial charge in [-0.3, -0.25) is 0 Å². The molecule has 0 amide bonds. The highest BCUT2D eigenvalue weighted by Gasteiger charge is 2.27. The summed E-state index contributed by atoms with van der Waals surface area (Å²) in [7, 11) is 0. The Hall–Kier alpha value is -0.860. The zero-order chi connectivity index (χ0) is 14.0. The van der Waals surface area contributed by atoms with Crippen molar-refractivity contribution >= 4 is 0 Å². The third-order valence-electron chi connectivity index (χ3n) is 3.77. The van der Waals surface area contributed by atoms with Crippen LogP contribution in [0, 0.1) is 0 Å². The van der Waals surface area contributed by atoms with Gasteiger partial charge < -0.3 is 10.2 Å². The van der Waals surface area contributed by atoms with Gasteiger partial charge in [-0.05, 0) is 12.0 Å². The van der Waals surface area contributed by atoms with Gasteiger partial charge in [0, 0.05) is 0 Å². The maximum Gasteiger partial charge on any atom is 0.113 e. The standard InChI is InChI=1S/C17H28O2/c1-2-3-4-5-6-7-11-14-17(19,15-18)16-12-9-8-10-13-16/h8-10,12-13,18-19H,2-7,11,14-15H2,1H3. The fraction of sp³-hybridized carbons (Fsp3) is 0.647. The number of benzene rings is 1. The lowest BCUT2D eigenvalue weighted by Gasteiger charge is -2.26. The molecule has 2 heteroatoms. The summed E-state index contributed by atoms with van der Waals surface area (Å²) >= 11 is 0. The molecule has 1 unspecified atom stereocenters. The fourth-order valence-electron chi connectivity index (χ4n) is 2.44. The summed E-state index contributed by atoms with van der Waals surface area (Å²) in [6.07, 6.45) is 9.19. The summed E-state index contributed by atoms with van der Waals surface area (Å²) in [5.74, 6) is 0. The first-order chi connectivity index (χ1) is 9.23. The first-order valence-electron chi connectivity index (χ1n) is 7.61. The maximum absolute atomic E-state index is 10.5. The second kappa shape index (κ2) is 9.11. The van der Waals surface area contributed by atoms with E-state index >= 15 is 0 Å². The Morgan fingerprint density at radius 3 is 2.05 bits per heavy atom. The zero-order valence-electron chi connectivity index (χ0n) is 12.1. The highest BCUT2D eigenvalue weighted by atomic mass is 16.3. The van der Waals surface area contributed by atoms with Crippen LogP contribution in [0.1, 0.15) is 63.9 Å². The molecule has 1 rings (SSSR count). The molecule has 108 valence electrons.